The molecule has 0 amide bonds. The van der Waals surface area contributed by atoms with Gasteiger partial charge in [-0.3, -0.25) is 14.5 Å². The molecule has 0 unspecified atom stereocenters. The molecule has 0 radical (unpaired) electrons. The minimum Gasteiger partial charge on any atom is -0.287 e. The van der Waals surface area contributed by atoms with Crippen LogP contribution in [0.2, 0.25) is 5.02 Å². The number of aromatic nitrogens is 2. The highest BCUT2D eigenvalue weighted by Crippen LogP contribution is 2.27. The first-order valence-electron chi connectivity index (χ1n) is 9.24. The Hall–Kier alpha value is -2.77. The fraction of sp³-hybridized carbons (Fsp3) is 0.227. The van der Waals surface area contributed by atoms with Crippen LogP contribution in [-0.4, -0.2) is 24.2 Å². The quantitative estimate of drug-likeness (QED) is 0.574. The van der Waals surface area contributed by atoms with E-state index >= 15 is 0 Å². The Morgan fingerprint density at radius 1 is 1.00 bits per heavy atom. The average molecular weight is 444 g/mol. The van der Waals surface area contributed by atoms with Crippen LogP contribution in [0.15, 0.2) is 59.8 Å². The van der Waals surface area contributed by atoms with Crippen LogP contribution < -0.4 is 4.72 Å². The predicted molar refractivity (Wildman–Crippen MR) is 118 cm³/mol. The topological polar surface area (TPSA) is 89.0 Å². The molecule has 2 heterocycles. The van der Waals surface area contributed by atoms with Crippen molar-refractivity contribution in [3.8, 4) is 0 Å². The molecule has 0 saturated heterocycles. The number of carbonyl (C=O) groups is 1. The molecule has 156 valence electrons. The number of hydrogen-bond acceptors (Lipinski definition) is 5. The van der Waals surface area contributed by atoms with Gasteiger partial charge in [0.15, 0.2) is 0 Å². The molecule has 3 rings (SSSR count). The Kier molecular flexibility index (Phi) is 5.97. The van der Waals surface area contributed by atoms with E-state index in [0.29, 0.717) is 5.56 Å². The molecule has 0 aliphatic heterocycles. The summed E-state index contributed by atoms with van der Waals surface area (Å²) in [4.78, 5) is 21.1. The molecule has 1 aromatic carbocycles. The van der Waals surface area contributed by atoms with E-state index in [1.807, 2.05) is 20.8 Å². The number of aryl methyl sites for hydroxylation is 1. The zero-order valence-corrected chi connectivity index (χ0v) is 18.7. The molecule has 0 aliphatic rings. The van der Waals surface area contributed by atoms with Crippen LogP contribution in [0.4, 0.5) is 5.69 Å². The highest BCUT2D eigenvalue weighted by atomic mass is 35.5. The minimum absolute atomic E-state index is 0.00738. The molecule has 2 aromatic heterocycles. The molecule has 3 aromatic rings. The average Bonchev–Trinajstić information content (AvgIpc) is 2.67. The number of hydrogen-bond donors (Lipinski definition) is 1. The molecule has 0 spiro atoms. The lowest BCUT2D eigenvalue weighted by Gasteiger charge is -2.19. The van der Waals surface area contributed by atoms with Crippen molar-refractivity contribution in [1.29, 1.82) is 0 Å². The maximum absolute atomic E-state index is 12.9. The lowest BCUT2D eigenvalue weighted by Crippen LogP contribution is -2.18. The summed E-state index contributed by atoms with van der Waals surface area (Å²) < 4.78 is 28.3. The number of sulfonamides is 1. The van der Waals surface area contributed by atoms with Gasteiger partial charge in [0.25, 0.3) is 10.0 Å². The summed E-state index contributed by atoms with van der Waals surface area (Å²) in [5.74, 6) is -0.458. The van der Waals surface area contributed by atoms with E-state index in [4.69, 9.17) is 11.6 Å². The van der Waals surface area contributed by atoms with E-state index < -0.39 is 15.8 Å². The molecule has 0 aliphatic carbocycles. The third-order valence-corrected chi connectivity index (χ3v) is 6.11. The highest BCUT2D eigenvalue weighted by molar-refractivity contribution is 7.92. The van der Waals surface area contributed by atoms with Crippen molar-refractivity contribution < 1.29 is 13.2 Å². The summed E-state index contributed by atoms with van der Waals surface area (Å²) in [5, 5.41) is 0.203. The second kappa shape index (κ2) is 8.16. The summed E-state index contributed by atoms with van der Waals surface area (Å²) in [5.41, 5.74) is 1.91. The van der Waals surface area contributed by atoms with E-state index in [1.165, 1.54) is 30.6 Å². The van der Waals surface area contributed by atoms with E-state index in [-0.39, 0.29) is 26.7 Å². The number of ketones is 1. The first-order valence-corrected chi connectivity index (χ1v) is 11.1. The van der Waals surface area contributed by atoms with Crippen LogP contribution in [0, 0.1) is 6.92 Å². The van der Waals surface area contributed by atoms with Crippen molar-refractivity contribution >= 4 is 33.1 Å². The third kappa shape index (κ3) is 4.86. The van der Waals surface area contributed by atoms with Gasteiger partial charge in [0, 0.05) is 23.7 Å². The van der Waals surface area contributed by atoms with Gasteiger partial charge in [-0.25, -0.2) is 13.4 Å². The van der Waals surface area contributed by atoms with Gasteiger partial charge in [-0.2, -0.15) is 0 Å². The molecule has 6 nitrogen and oxygen atoms in total. The second-order valence-electron chi connectivity index (χ2n) is 7.95. The van der Waals surface area contributed by atoms with Gasteiger partial charge >= 0.3 is 0 Å². The maximum atomic E-state index is 12.9. The molecular formula is C22H22ClN3O3S. The Balaban J connectivity index is 1.97. The summed E-state index contributed by atoms with van der Waals surface area (Å²) in [6.07, 6.45) is 2.73. The fourth-order valence-electron chi connectivity index (χ4n) is 2.77. The van der Waals surface area contributed by atoms with Gasteiger partial charge in [0.05, 0.1) is 15.6 Å². The Bertz CT molecular complexity index is 1180. The number of halogens is 1. The maximum Gasteiger partial charge on any atom is 0.261 e. The van der Waals surface area contributed by atoms with Crippen molar-refractivity contribution in [3.05, 3.63) is 82.4 Å². The van der Waals surface area contributed by atoms with Gasteiger partial charge in [-0.05, 0) is 48.2 Å². The molecule has 8 heteroatoms. The number of benzene rings is 1. The zero-order valence-electron chi connectivity index (χ0n) is 17.1. The van der Waals surface area contributed by atoms with Crippen LogP contribution >= 0.6 is 11.6 Å². The summed E-state index contributed by atoms with van der Waals surface area (Å²) in [7, 11) is -3.95. The number of rotatable bonds is 5. The van der Waals surface area contributed by atoms with Crippen LogP contribution in [0.5, 0.6) is 0 Å². The molecule has 0 atom stereocenters. The first-order chi connectivity index (χ1) is 14.0. The Morgan fingerprint density at radius 2 is 1.67 bits per heavy atom. The van der Waals surface area contributed by atoms with E-state index in [9.17, 15) is 13.2 Å². The standard InChI is InChI=1S/C22H22ClN3O3S/c1-14-5-6-15(12-24-14)21(27)20-19(11-17(23)13-25-20)26-30(28,29)18-9-7-16(8-10-18)22(2,3)4/h5-13,26H,1-4H3. The molecule has 0 bridgehead atoms. The zero-order chi connectivity index (χ0) is 22.1. The van der Waals surface area contributed by atoms with Crippen molar-refractivity contribution in [2.75, 3.05) is 4.72 Å². The predicted octanol–water partition coefficient (Wildman–Crippen LogP) is 4.77. The molecule has 1 N–H and O–H groups in total. The third-order valence-electron chi connectivity index (χ3n) is 4.52. The lowest BCUT2D eigenvalue weighted by molar-refractivity contribution is 0.103. The number of anilines is 1. The van der Waals surface area contributed by atoms with Gasteiger partial charge < -0.3 is 0 Å². The first kappa shape index (κ1) is 21.9. The van der Waals surface area contributed by atoms with Crippen LogP contribution in [0.3, 0.4) is 0 Å². The van der Waals surface area contributed by atoms with Crippen molar-refractivity contribution in [2.45, 2.75) is 38.0 Å². The number of nitrogens with one attached hydrogen (secondary N) is 1. The van der Waals surface area contributed by atoms with Crippen molar-refractivity contribution in [3.63, 3.8) is 0 Å². The largest absolute Gasteiger partial charge is 0.287 e. The number of carbonyl (C=O) groups excluding carboxylic acids is 1. The number of nitrogens with zero attached hydrogens (tertiary/aromatic N) is 2. The second-order valence-corrected chi connectivity index (χ2v) is 10.1. The Morgan fingerprint density at radius 3 is 2.23 bits per heavy atom. The Labute approximate surface area is 181 Å². The van der Waals surface area contributed by atoms with Crippen LogP contribution in [0.1, 0.15) is 48.1 Å². The molecule has 30 heavy (non-hydrogen) atoms. The lowest BCUT2D eigenvalue weighted by atomic mass is 9.87. The van der Waals surface area contributed by atoms with Crippen molar-refractivity contribution in [2.24, 2.45) is 0 Å². The minimum atomic E-state index is -3.95. The summed E-state index contributed by atoms with van der Waals surface area (Å²) in [6, 6.07) is 11.3. The van der Waals surface area contributed by atoms with Gasteiger partial charge in [-0.1, -0.05) is 44.5 Å². The van der Waals surface area contributed by atoms with Gasteiger partial charge in [0.2, 0.25) is 5.78 Å². The van der Waals surface area contributed by atoms with E-state index in [0.717, 1.165) is 11.3 Å². The van der Waals surface area contributed by atoms with Gasteiger partial charge in [0.1, 0.15) is 5.69 Å². The van der Waals surface area contributed by atoms with Crippen LogP contribution in [0.25, 0.3) is 0 Å². The SMILES string of the molecule is Cc1ccc(C(=O)c2ncc(Cl)cc2NS(=O)(=O)c2ccc(C(C)(C)C)cc2)cn1. The number of pyridine rings is 2. The smallest absolute Gasteiger partial charge is 0.261 e. The normalized spacial score (nSPS) is 11.9. The molecule has 0 saturated carbocycles. The highest BCUT2D eigenvalue weighted by Gasteiger charge is 2.22. The molecular weight excluding hydrogens is 422 g/mol. The van der Waals surface area contributed by atoms with E-state index in [1.54, 1.807) is 31.2 Å². The fourth-order valence-corrected chi connectivity index (χ4v) is 3.99. The van der Waals surface area contributed by atoms with Crippen LogP contribution in [-0.2, 0) is 15.4 Å². The summed E-state index contributed by atoms with van der Waals surface area (Å²) >= 11 is 6.01. The monoisotopic (exact) mass is 443 g/mol. The van der Waals surface area contributed by atoms with Gasteiger partial charge in [-0.15, -0.1) is 0 Å². The summed E-state index contributed by atoms with van der Waals surface area (Å²) in [6.45, 7) is 7.94. The molecule has 0 fully saturated rings. The van der Waals surface area contributed by atoms with Crippen molar-refractivity contribution in [1.82, 2.24) is 9.97 Å². The van der Waals surface area contributed by atoms with E-state index in [2.05, 4.69) is 14.7 Å².